The molecule has 0 fully saturated rings. The maximum absolute atomic E-state index is 2.44. The fourth-order valence-electron chi connectivity index (χ4n) is 7.62. The van der Waals surface area contributed by atoms with Crippen molar-refractivity contribution in [1.82, 2.24) is 0 Å². The molecule has 10 rings (SSSR count). The van der Waals surface area contributed by atoms with Crippen LogP contribution in [0.4, 0.5) is 0 Å². The van der Waals surface area contributed by atoms with Gasteiger partial charge in [-0.05, 0) is 107 Å². The van der Waals surface area contributed by atoms with E-state index in [1.54, 1.807) is 0 Å². The molecule has 0 spiro atoms. The zero-order chi connectivity index (χ0) is 29.5. The van der Waals surface area contributed by atoms with E-state index >= 15 is 0 Å². The lowest BCUT2D eigenvalue weighted by Crippen LogP contribution is -1.92. The first-order chi connectivity index (χ1) is 22.3. The van der Waals surface area contributed by atoms with Crippen LogP contribution < -0.4 is 0 Å². The summed E-state index contributed by atoms with van der Waals surface area (Å²) in [5.74, 6) is 0. The van der Waals surface area contributed by atoms with Gasteiger partial charge in [-0.1, -0.05) is 127 Å². The molecule has 0 saturated carbocycles. The van der Waals surface area contributed by atoms with Crippen molar-refractivity contribution in [3.05, 3.63) is 158 Å². The molecule has 0 N–H and O–H groups in total. The highest BCUT2D eigenvalue weighted by Gasteiger charge is 2.21. The summed E-state index contributed by atoms with van der Waals surface area (Å²) >= 11 is 1.90. The molecule has 0 aliphatic heterocycles. The SMILES string of the molecule is c1ccc(-c2ccc3ccc(-c4c5ccccc5c(-c5cc6cccc7sc8cccc5c8c67)c5ccccc45)cc3c2)cc1. The lowest BCUT2D eigenvalue weighted by atomic mass is 9.83. The Morgan fingerprint density at radius 3 is 1.62 bits per heavy atom. The minimum absolute atomic E-state index is 1.24. The van der Waals surface area contributed by atoms with Crippen molar-refractivity contribution < 1.29 is 0 Å². The predicted octanol–water partition coefficient (Wildman–Crippen LogP) is 13.1. The van der Waals surface area contributed by atoms with E-state index in [-0.39, 0.29) is 0 Å². The monoisotopic (exact) mass is 586 g/mol. The van der Waals surface area contributed by atoms with Crippen molar-refractivity contribution in [2.24, 2.45) is 0 Å². The fraction of sp³-hybridized carbons (Fsp3) is 0. The minimum atomic E-state index is 1.24. The molecule has 9 aromatic carbocycles. The van der Waals surface area contributed by atoms with E-state index in [1.807, 2.05) is 11.3 Å². The Bertz CT molecular complexity index is 2690. The van der Waals surface area contributed by atoms with Crippen LogP contribution in [0.25, 0.3) is 96.6 Å². The summed E-state index contributed by atoms with van der Waals surface area (Å²) in [6, 6.07) is 58.5. The Morgan fingerprint density at radius 1 is 0.311 bits per heavy atom. The topological polar surface area (TPSA) is 0 Å². The smallest absolute Gasteiger partial charge is 0.0361 e. The third kappa shape index (κ3) is 3.65. The number of thiophene rings is 1. The lowest BCUT2D eigenvalue weighted by molar-refractivity contribution is 1.64. The number of fused-ring (bicyclic) bond motifs is 3. The van der Waals surface area contributed by atoms with Crippen LogP contribution in [-0.4, -0.2) is 0 Å². The molecule has 0 saturated heterocycles. The Balaban J connectivity index is 1.29. The average molecular weight is 587 g/mol. The first-order valence-corrected chi connectivity index (χ1v) is 16.3. The quantitative estimate of drug-likeness (QED) is 0.143. The Morgan fingerprint density at radius 2 is 0.889 bits per heavy atom. The molecule has 45 heavy (non-hydrogen) atoms. The van der Waals surface area contributed by atoms with Crippen LogP contribution >= 0.6 is 11.3 Å². The lowest BCUT2D eigenvalue weighted by Gasteiger charge is -2.19. The molecule has 1 heteroatoms. The van der Waals surface area contributed by atoms with Crippen molar-refractivity contribution >= 4 is 74.6 Å². The van der Waals surface area contributed by atoms with Crippen molar-refractivity contribution in [2.45, 2.75) is 0 Å². The molecule has 0 amide bonds. The average Bonchev–Trinajstić information content (AvgIpc) is 3.50. The first-order valence-electron chi connectivity index (χ1n) is 15.5. The van der Waals surface area contributed by atoms with Crippen LogP contribution in [0.1, 0.15) is 0 Å². The molecule has 0 nitrogen and oxygen atoms in total. The largest absolute Gasteiger partial charge is 0.135 e. The van der Waals surface area contributed by atoms with Gasteiger partial charge in [-0.2, -0.15) is 0 Å². The van der Waals surface area contributed by atoms with Gasteiger partial charge >= 0.3 is 0 Å². The third-order valence-corrected chi connectivity index (χ3v) is 10.7. The van der Waals surface area contributed by atoms with Crippen LogP contribution in [0.15, 0.2) is 158 Å². The molecule has 1 heterocycles. The van der Waals surface area contributed by atoms with E-state index in [1.165, 1.54) is 96.6 Å². The second-order valence-corrected chi connectivity index (χ2v) is 13.1. The van der Waals surface area contributed by atoms with Gasteiger partial charge < -0.3 is 0 Å². The van der Waals surface area contributed by atoms with Crippen molar-refractivity contribution in [2.75, 3.05) is 0 Å². The molecule has 0 aliphatic rings. The molecule has 10 aromatic rings. The zero-order valence-electron chi connectivity index (χ0n) is 24.4. The van der Waals surface area contributed by atoms with Crippen LogP contribution in [0.3, 0.4) is 0 Å². The third-order valence-electron chi connectivity index (χ3n) is 9.58. The van der Waals surface area contributed by atoms with Gasteiger partial charge in [0.05, 0.1) is 0 Å². The summed E-state index contributed by atoms with van der Waals surface area (Å²) in [6.45, 7) is 0. The number of hydrogen-bond acceptors (Lipinski definition) is 1. The van der Waals surface area contributed by atoms with Gasteiger partial charge in [-0.25, -0.2) is 0 Å². The molecule has 0 radical (unpaired) electrons. The number of hydrogen-bond donors (Lipinski definition) is 0. The van der Waals surface area contributed by atoms with Crippen molar-refractivity contribution in [3.63, 3.8) is 0 Å². The highest BCUT2D eigenvalue weighted by Crippen LogP contribution is 2.49. The predicted molar refractivity (Wildman–Crippen MR) is 197 cm³/mol. The van der Waals surface area contributed by atoms with Crippen molar-refractivity contribution in [1.29, 1.82) is 0 Å². The summed E-state index contributed by atoms with van der Waals surface area (Å²) in [4.78, 5) is 0. The van der Waals surface area contributed by atoms with E-state index < -0.39 is 0 Å². The van der Waals surface area contributed by atoms with E-state index in [2.05, 4.69) is 158 Å². The summed E-state index contributed by atoms with van der Waals surface area (Å²) in [5.41, 5.74) is 7.65. The second kappa shape index (κ2) is 9.50. The van der Waals surface area contributed by atoms with Gasteiger partial charge in [0.25, 0.3) is 0 Å². The maximum atomic E-state index is 2.44. The Kier molecular flexibility index (Phi) is 5.25. The molecule has 0 unspecified atom stereocenters. The minimum Gasteiger partial charge on any atom is -0.135 e. The van der Waals surface area contributed by atoms with Crippen LogP contribution in [0, 0.1) is 0 Å². The highest BCUT2D eigenvalue weighted by molar-refractivity contribution is 7.26. The van der Waals surface area contributed by atoms with Crippen molar-refractivity contribution in [3.8, 4) is 33.4 Å². The fourth-order valence-corrected chi connectivity index (χ4v) is 8.79. The summed E-state index contributed by atoms with van der Waals surface area (Å²) < 4.78 is 2.72. The van der Waals surface area contributed by atoms with Gasteiger partial charge in [0.1, 0.15) is 0 Å². The Labute approximate surface area is 264 Å². The molecular weight excluding hydrogens is 561 g/mol. The highest BCUT2D eigenvalue weighted by atomic mass is 32.1. The van der Waals surface area contributed by atoms with Crippen LogP contribution in [0.5, 0.6) is 0 Å². The van der Waals surface area contributed by atoms with Crippen LogP contribution in [-0.2, 0) is 0 Å². The maximum Gasteiger partial charge on any atom is 0.0361 e. The normalized spacial score (nSPS) is 12.0. The zero-order valence-corrected chi connectivity index (χ0v) is 25.2. The van der Waals surface area contributed by atoms with E-state index in [4.69, 9.17) is 0 Å². The molecular formula is C44H26S. The van der Waals surface area contributed by atoms with E-state index in [9.17, 15) is 0 Å². The Hall–Kier alpha value is -5.50. The van der Waals surface area contributed by atoms with Gasteiger partial charge in [0.15, 0.2) is 0 Å². The van der Waals surface area contributed by atoms with E-state index in [0.717, 1.165) is 0 Å². The number of rotatable bonds is 3. The van der Waals surface area contributed by atoms with Gasteiger partial charge in [0.2, 0.25) is 0 Å². The van der Waals surface area contributed by atoms with Gasteiger partial charge in [0, 0.05) is 20.2 Å². The molecule has 0 atom stereocenters. The molecule has 208 valence electrons. The summed E-state index contributed by atoms with van der Waals surface area (Å²) in [5, 5.41) is 13.1. The first kappa shape index (κ1) is 24.9. The summed E-state index contributed by atoms with van der Waals surface area (Å²) in [6.07, 6.45) is 0. The van der Waals surface area contributed by atoms with Gasteiger partial charge in [-0.15, -0.1) is 11.3 Å². The van der Waals surface area contributed by atoms with Crippen LogP contribution in [0.2, 0.25) is 0 Å². The van der Waals surface area contributed by atoms with E-state index in [0.29, 0.717) is 0 Å². The molecule has 0 bridgehead atoms. The second-order valence-electron chi connectivity index (χ2n) is 12.0. The summed E-state index contributed by atoms with van der Waals surface area (Å²) in [7, 11) is 0. The molecule has 0 aliphatic carbocycles. The van der Waals surface area contributed by atoms with Gasteiger partial charge in [-0.3, -0.25) is 0 Å². The number of benzene rings is 9. The molecule has 1 aromatic heterocycles. The standard InChI is InChI=1S/C44H26S/c1-2-10-27(11-3-1)29-22-20-28-21-23-31(25-32(28)24-29)41-33-13-4-6-15-35(33)43(36-16-7-5-14-34(36)41)38-26-30-12-8-18-39-42(30)44-37(38)17-9-19-40(44)45-39/h1-26H.